The summed E-state index contributed by atoms with van der Waals surface area (Å²) in [6.07, 6.45) is 3.17. The molecule has 1 aromatic heterocycles. The zero-order chi connectivity index (χ0) is 14.9. The van der Waals surface area contributed by atoms with Gasteiger partial charge in [-0.2, -0.15) is 18.2 Å². The van der Waals surface area contributed by atoms with Gasteiger partial charge in [-0.3, -0.25) is 9.97 Å². The molecule has 0 amide bonds. The van der Waals surface area contributed by atoms with Crippen molar-refractivity contribution in [2.45, 2.75) is 25.9 Å². The molecule has 1 heterocycles. The number of rotatable bonds is 3. The largest absolute Gasteiger partial charge is 0.261 e. The van der Waals surface area contributed by atoms with Gasteiger partial charge in [-0.1, -0.05) is 32.0 Å². The Morgan fingerprint density at radius 3 is 2.68 bits per heavy atom. The molecule has 4 heteroatoms. The van der Waals surface area contributed by atoms with Crippen LogP contribution in [0, 0.1) is 6.07 Å². The molecule has 115 valence electrons. The van der Waals surface area contributed by atoms with Crippen molar-refractivity contribution in [3.63, 3.8) is 0 Å². The summed E-state index contributed by atoms with van der Waals surface area (Å²) >= 11 is 0. The maximum absolute atomic E-state index is 12.8. The normalized spacial score (nSPS) is 11.2. The smallest absolute Gasteiger partial charge is 0.133 e. The molecule has 0 fully saturated rings. The predicted molar refractivity (Wildman–Crippen MR) is 81.8 cm³/mol. The van der Waals surface area contributed by atoms with Crippen LogP contribution in [0.4, 0.5) is 4.39 Å². The van der Waals surface area contributed by atoms with E-state index in [1.165, 1.54) is 6.20 Å². The predicted octanol–water partition coefficient (Wildman–Crippen LogP) is 4.22. The second-order valence-corrected chi connectivity index (χ2v) is 5.59. The first-order valence-corrected chi connectivity index (χ1v) is 6.90. The molecular weight excluding hydrogens is 455 g/mol. The molecule has 0 aliphatic carbocycles. The molecule has 1 radical (unpaired) electrons. The minimum absolute atomic E-state index is 0. The SMILES string of the molecule is CC(C)(c1cncc(CF)n1)c1[c-]ccc2ccccc12.[Ir]. The number of alkyl halides is 1. The van der Waals surface area contributed by atoms with Gasteiger partial charge in [-0.05, 0) is 0 Å². The van der Waals surface area contributed by atoms with Gasteiger partial charge >= 0.3 is 0 Å². The molecule has 0 unspecified atom stereocenters. The van der Waals surface area contributed by atoms with Gasteiger partial charge in [-0.25, -0.2) is 4.39 Å². The summed E-state index contributed by atoms with van der Waals surface area (Å²) in [7, 11) is 0. The monoisotopic (exact) mass is 472 g/mol. The number of aromatic nitrogens is 2. The Balaban J connectivity index is 0.00000176. The fraction of sp³-hybridized carbons (Fsp3) is 0.222. The molecule has 0 N–H and O–H groups in total. The summed E-state index contributed by atoms with van der Waals surface area (Å²) in [5, 5.41) is 2.30. The van der Waals surface area contributed by atoms with E-state index in [1.807, 2.05) is 24.3 Å². The number of fused-ring (bicyclic) bond motifs is 1. The van der Waals surface area contributed by atoms with Crippen LogP contribution in [0.3, 0.4) is 0 Å². The van der Waals surface area contributed by atoms with E-state index in [9.17, 15) is 4.39 Å². The van der Waals surface area contributed by atoms with Gasteiger partial charge in [0.2, 0.25) is 0 Å². The Kier molecular flexibility index (Phi) is 5.04. The van der Waals surface area contributed by atoms with Crippen LogP contribution in [0.5, 0.6) is 0 Å². The van der Waals surface area contributed by atoms with Gasteiger partial charge in [0.15, 0.2) is 0 Å². The average molecular weight is 472 g/mol. The molecule has 22 heavy (non-hydrogen) atoms. The Morgan fingerprint density at radius 2 is 1.91 bits per heavy atom. The standard InChI is InChI=1S/C18H16FN2.Ir/c1-18(2,17-12-20-11-14(10-19)21-17)16-9-5-7-13-6-3-4-8-15(13)16;/h3-8,11-12H,10H2,1-2H3;/q-1;. The van der Waals surface area contributed by atoms with Crippen LogP contribution in [0.25, 0.3) is 10.8 Å². The molecule has 0 aliphatic heterocycles. The second kappa shape index (κ2) is 6.64. The van der Waals surface area contributed by atoms with Crippen molar-refractivity contribution in [1.82, 2.24) is 9.97 Å². The number of hydrogen-bond donors (Lipinski definition) is 0. The van der Waals surface area contributed by atoms with Gasteiger partial charge in [0.25, 0.3) is 0 Å². The van der Waals surface area contributed by atoms with Crippen molar-refractivity contribution in [3.8, 4) is 0 Å². The third-order valence-corrected chi connectivity index (χ3v) is 3.81. The number of benzene rings is 2. The summed E-state index contributed by atoms with van der Waals surface area (Å²) in [5.74, 6) is 0. The zero-order valence-corrected chi connectivity index (χ0v) is 14.8. The zero-order valence-electron chi connectivity index (χ0n) is 12.4. The van der Waals surface area contributed by atoms with Gasteiger partial charge in [0.1, 0.15) is 6.67 Å². The molecule has 0 bridgehead atoms. The van der Waals surface area contributed by atoms with E-state index in [4.69, 9.17) is 0 Å². The quantitative estimate of drug-likeness (QED) is 0.535. The van der Waals surface area contributed by atoms with E-state index in [-0.39, 0.29) is 25.5 Å². The van der Waals surface area contributed by atoms with Crippen LogP contribution in [-0.4, -0.2) is 9.97 Å². The molecule has 0 aliphatic rings. The summed E-state index contributed by atoms with van der Waals surface area (Å²) in [6.45, 7) is 3.53. The maximum Gasteiger partial charge on any atom is 0.133 e. The van der Waals surface area contributed by atoms with Crippen LogP contribution in [0.2, 0.25) is 0 Å². The first-order valence-electron chi connectivity index (χ1n) is 6.90. The molecule has 0 spiro atoms. The number of halogens is 1. The van der Waals surface area contributed by atoms with Gasteiger partial charge in [0.05, 0.1) is 17.6 Å². The average Bonchev–Trinajstić information content (AvgIpc) is 2.54. The van der Waals surface area contributed by atoms with Crippen molar-refractivity contribution in [1.29, 1.82) is 0 Å². The van der Waals surface area contributed by atoms with Crippen LogP contribution in [0.1, 0.15) is 30.8 Å². The van der Waals surface area contributed by atoms with Gasteiger partial charge in [0, 0.05) is 31.7 Å². The van der Waals surface area contributed by atoms with Crippen LogP contribution in [-0.2, 0) is 32.2 Å². The molecule has 2 aromatic carbocycles. The summed E-state index contributed by atoms with van der Waals surface area (Å²) in [4.78, 5) is 8.50. The van der Waals surface area contributed by atoms with Gasteiger partial charge in [-0.15, -0.1) is 22.4 Å². The Bertz CT molecular complexity index is 781. The van der Waals surface area contributed by atoms with Crippen molar-refractivity contribution in [3.05, 3.63) is 71.8 Å². The van der Waals surface area contributed by atoms with Crippen LogP contribution >= 0.6 is 0 Å². The number of nitrogens with zero attached hydrogens (tertiary/aromatic N) is 2. The Hall–Kier alpha value is -1.64. The molecule has 0 saturated heterocycles. The first-order chi connectivity index (χ1) is 10.1. The van der Waals surface area contributed by atoms with Crippen molar-refractivity contribution in [2.75, 3.05) is 0 Å². The van der Waals surface area contributed by atoms with Crippen molar-refractivity contribution in [2.24, 2.45) is 0 Å². The first kappa shape index (κ1) is 16.7. The number of hydrogen-bond acceptors (Lipinski definition) is 2. The van der Waals surface area contributed by atoms with E-state index in [2.05, 4.69) is 42.0 Å². The fourth-order valence-corrected chi connectivity index (χ4v) is 2.58. The van der Waals surface area contributed by atoms with E-state index >= 15 is 0 Å². The third kappa shape index (κ3) is 2.94. The minimum atomic E-state index is -0.601. The molecular formula is C18H16FIrN2-. The summed E-state index contributed by atoms with van der Waals surface area (Å²) in [5.41, 5.74) is 1.77. The third-order valence-electron chi connectivity index (χ3n) is 3.81. The van der Waals surface area contributed by atoms with Crippen molar-refractivity contribution >= 4 is 10.8 Å². The topological polar surface area (TPSA) is 25.8 Å². The minimum Gasteiger partial charge on any atom is -0.261 e. The summed E-state index contributed by atoms with van der Waals surface area (Å²) < 4.78 is 12.8. The second-order valence-electron chi connectivity index (χ2n) is 5.59. The summed E-state index contributed by atoms with van der Waals surface area (Å²) in [6, 6.07) is 15.5. The fourth-order valence-electron chi connectivity index (χ4n) is 2.58. The molecule has 0 atom stereocenters. The Labute approximate surface area is 143 Å². The van der Waals surface area contributed by atoms with E-state index in [0.717, 1.165) is 22.0 Å². The van der Waals surface area contributed by atoms with Gasteiger partial charge < -0.3 is 0 Å². The van der Waals surface area contributed by atoms with E-state index < -0.39 is 6.67 Å². The maximum atomic E-state index is 12.8. The van der Waals surface area contributed by atoms with Crippen molar-refractivity contribution < 1.29 is 24.5 Å². The van der Waals surface area contributed by atoms with Crippen LogP contribution < -0.4 is 0 Å². The molecule has 0 saturated carbocycles. The molecule has 3 aromatic rings. The van der Waals surface area contributed by atoms with Crippen LogP contribution in [0.15, 0.2) is 48.8 Å². The molecule has 2 nitrogen and oxygen atoms in total. The van der Waals surface area contributed by atoms with E-state index in [1.54, 1.807) is 6.20 Å². The molecule has 3 rings (SSSR count). The Morgan fingerprint density at radius 1 is 1.14 bits per heavy atom. The van der Waals surface area contributed by atoms with E-state index in [0.29, 0.717) is 5.69 Å².